The Hall–Kier alpha value is -1.32. The number of oxime groups is 1. The highest BCUT2D eigenvalue weighted by Gasteiger charge is 2.25. The van der Waals surface area contributed by atoms with Crippen molar-refractivity contribution in [3.8, 4) is 0 Å². The van der Waals surface area contributed by atoms with Crippen molar-refractivity contribution in [1.29, 1.82) is 0 Å². The summed E-state index contributed by atoms with van der Waals surface area (Å²) in [6.07, 6.45) is 2.60. The molecule has 0 heterocycles. The summed E-state index contributed by atoms with van der Waals surface area (Å²) in [5.74, 6) is 0.864. The van der Waals surface area contributed by atoms with Gasteiger partial charge in [-0.05, 0) is 44.9 Å². The van der Waals surface area contributed by atoms with Gasteiger partial charge in [0.2, 0.25) is 0 Å². The molecule has 0 bridgehead atoms. The molecule has 1 N–H and O–H groups in total. The van der Waals surface area contributed by atoms with Crippen molar-refractivity contribution in [2.75, 3.05) is 6.54 Å². The first-order chi connectivity index (χ1) is 8.04. The van der Waals surface area contributed by atoms with Crippen molar-refractivity contribution in [2.24, 2.45) is 17.0 Å². The third-order valence-electron chi connectivity index (χ3n) is 3.24. The van der Waals surface area contributed by atoms with Crippen molar-refractivity contribution < 1.29 is 9.63 Å². The molecule has 1 rings (SSSR count). The summed E-state index contributed by atoms with van der Waals surface area (Å²) >= 11 is 0. The van der Waals surface area contributed by atoms with Gasteiger partial charge in [0.1, 0.15) is 0 Å². The van der Waals surface area contributed by atoms with Gasteiger partial charge < -0.3 is 5.32 Å². The Labute approximate surface area is 103 Å². The molecule has 96 valence electrons. The van der Waals surface area contributed by atoms with Crippen LogP contribution in [0.15, 0.2) is 17.3 Å². The standard InChI is InChI=1S/C13H22N2O2/c1-5-14-13(16)17-15-12-8-11(9(2)3)7-6-10(12)4/h10-11H,2,5-8H2,1,3-4H3,(H,14,16)/b15-12-. The Bertz CT molecular complexity index is 323. The summed E-state index contributed by atoms with van der Waals surface area (Å²) in [5, 5.41) is 6.53. The monoisotopic (exact) mass is 238 g/mol. The number of hydrogen-bond donors (Lipinski definition) is 1. The fraction of sp³-hybridized carbons (Fsp3) is 0.692. The van der Waals surface area contributed by atoms with Gasteiger partial charge in [-0.25, -0.2) is 4.79 Å². The second-order valence-corrected chi connectivity index (χ2v) is 4.72. The maximum atomic E-state index is 11.1. The van der Waals surface area contributed by atoms with Crippen molar-refractivity contribution >= 4 is 11.8 Å². The highest BCUT2D eigenvalue weighted by atomic mass is 16.7. The number of nitrogens with one attached hydrogen (secondary N) is 1. The third kappa shape index (κ3) is 4.21. The molecule has 0 saturated heterocycles. The molecule has 0 aromatic rings. The molecule has 0 aliphatic heterocycles. The molecule has 1 amide bonds. The third-order valence-corrected chi connectivity index (χ3v) is 3.24. The van der Waals surface area contributed by atoms with Gasteiger partial charge in [0, 0.05) is 6.54 Å². The largest absolute Gasteiger partial charge is 0.433 e. The Kier molecular flexibility index (Phi) is 5.19. The topological polar surface area (TPSA) is 50.7 Å². The van der Waals surface area contributed by atoms with Crippen LogP contribution in [0.3, 0.4) is 0 Å². The van der Waals surface area contributed by atoms with E-state index in [0.717, 1.165) is 25.0 Å². The van der Waals surface area contributed by atoms with E-state index in [2.05, 4.69) is 24.0 Å². The van der Waals surface area contributed by atoms with E-state index >= 15 is 0 Å². The molecule has 1 fully saturated rings. The van der Waals surface area contributed by atoms with E-state index in [1.165, 1.54) is 5.57 Å². The molecule has 0 aromatic heterocycles. The second-order valence-electron chi connectivity index (χ2n) is 4.72. The SMILES string of the molecule is C=C(C)C1CCC(C)/C(=N\OC(=O)NCC)C1. The summed E-state index contributed by atoms with van der Waals surface area (Å²) < 4.78 is 0. The Morgan fingerprint density at radius 2 is 2.29 bits per heavy atom. The zero-order valence-corrected chi connectivity index (χ0v) is 11.0. The molecule has 2 atom stereocenters. The smallest absolute Gasteiger partial charge is 0.320 e. The average molecular weight is 238 g/mol. The van der Waals surface area contributed by atoms with Gasteiger partial charge in [-0.15, -0.1) is 0 Å². The van der Waals surface area contributed by atoms with Crippen LogP contribution in [0.1, 0.15) is 40.0 Å². The molecule has 1 saturated carbocycles. The van der Waals surface area contributed by atoms with Crippen LogP contribution in [-0.4, -0.2) is 18.3 Å². The Morgan fingerprint density at radius 3 is 2.88 bits per heavy atom. The molecule has 1 aliphatic carbocycles. The molecular weight excluding hydrogens is 216 g/mol. The van der Waals surface area contributed by atoms with E-state index in [9.17, 15) is 4.79 Å². The van der Waals surface area contributed by atoms with Crippen molar-refractivity contribution in [1.82, 2.24) is 5.32 Å². The van der Waals surface area contributed by atoms with Crippen LogP contribution in [0, 0.1) is 11.8 Å². The maximum Gasteiger partial charge on any atom is 0.433 e. The lowest BCUT2D eigenvalue weighted by atomic mass is 9.79. The lowest BCUT2D eigenvalue weighted by Crippen LogP contribution is -2.26. The molecule has 17 heavy (non-hydrogen) atoms. The van der Waals surface area contributed by atoms with Crippen molar-refractivity contribution in [3.63, 3.8) is 0 Å². The van der Waals surface area contributed by atoms with E-state index in [1.54, 1.807) is 0 Å². The second kappa shape index (κ2) is 6.42. The predicted octanol–water partition coefficient (Wildman–Crippen LogP) is 3.10. The first-order valence-electron chi connectivity index (χ1n) is 6.21. The lowest BCUT2D eigenvalue weighted by molar-refractivity contribution is 0.149. The van der Waals surface area contributed by atoms with Gasteiger partial charge in [-0.1, -0.05) is 24.2 Å². The molecule has 0 spiro atoms. The minimum atomic E-state index is -0.482. The van der Waals surface area contributed by atoms with Crippen LogP contribution in [0.25, 0.3) is 0 Å². The van der Waals surface area contributed by atoms with Gasteiger partial charge in [0.15, 0.2) is 0 Å². The molecule has 4 nitrogen and oxygen atoms in total. The Balaban J connectivity index is 2.57. The van der Waals surface area contributed by atoms with Crippen LogP contribution in [0.2, 0.25) is 0 Å². The summed E-state index contributed by atoms with van der Waals surface area (Å²) in [4.78, 5) is 16.0. The first-order valence-corrected chi connectivity index (χ1v) is 6.21. The fourth-order valence-corrected chi connectivity index (χ4v) is 2.00. The molecule has 0 radical (unpaired) electrons. The molecule has 4 heteroatoms. The van der Waals surface area contributed by atoms with E-state index in [1.807, 2.05) is 13.8 Å². The minimum Gasteiger partial charge on any atom is -0.320 e. The highest BCUT2D eigenvalue weighted by Crippen LogP contribution is 2.30. The van der Waals surface area contributed by atoms with Gasteiger partial charge in [-0.2, -0.15) is 0 Å². The number of carbonyl (C=O) groups excluding carboxylic acids is 1. The van der Waals surface area contributed by atoms with Crippen LogP contribution in [0.4, 0.5) is 4.79 Å². The van der Waals surface area contributed by atoms with Gasteiger partial charge in [-0.3, -0.25) is 4.84 Å². The van der Waals surface area contributed by atoms with E-state index in [0.29, 0.717) is 18.4 Å². The number of allylic oxidation sites excluding steroid dienone is 1. The van der Waals surface area contributed by atoms with Gasteiger partial charge >= 0.3 is 6.09 Å². The summed E-state index contributed by atoms with van der Waals surface area (Å²) in [6, 6.07) is 0. The first kappa shape index (κ1) is 13.7. The number of hydrogen-bond acceptors (Lipinski definition) is 3. The highest BCUT2D eigenvalue weighted by molar-refractivity contribution is 5.87. The molecule has 0 aromatic carbocycles. The molecular formula is C13H22N2O2. The van der Waals surface area contributed by atoms with Crippen LogP contribution in [-0.2, 0) is 4.84 Å². The maximum absolute atomic E-state index is 11.1. The van der Waals surface area contributed by atoms with Gasteiger partial charge in [0.05, 0.1) is 5.71 Å². The summed E-state index contributed by atoms with van der Waals surface area (Å²) in [7, 11) is 0. The number of amides is 1. The quantitative estimate of drug-likeness (QED) is 0.466. The van der Waals surface area contributed by atoms with E-state index in [4.69, 9.17) is 4.84 Å². The zero-order chi connectivity index (χ0) is 12.8. The molecule has 2 unspecified atom stereocenters. The predicted molar refractivity (Wildman–Crippen MR) is 68.9 cm³/mol. The van der Waals surface area contributed by atoms with E-state index in [-0.39, 0.29) is 0 Å². The van der Waals surface area contributed by atoms with Crippen LogP contribution >= 0.6 is 0 Å². The van der Waals surface area contributed by atoms with Crippen LogP contribution in [0.5, 0.6) is 0 Å². The molecule has 1 aliphatic rings. The van der Waals surface area contributed by atoms with Crippen molar-refractivity contribution in [3.05, 3.63) is 12.2 Å². The minimum absolute atomic E-state index is 0.389. The van der Waals surface area contributed by atoms with E-state index < -0.39 is 6.09 Å². The normalized spacial score (nSPS) is 26.6. The van der Waals surface area contributed by atoms with Gasteiger partial charge in [0.25, 0.3) is 0 Å². The van der Waals surface area contributed by atoms with Crippen molar-refractivity contribution in [2.45, 2.75) is 40.0 Å². The number of carbonyl (C=O) groups is 1. The average Bonchev–Trinajstić information content (AvgIpc) is 2.28. The zero-order valence-electron chi connectivity index (χ0n) is 11.0. The number of rotatable bonds is 3. The summed E-state index contributed by atoms with van der Waals surface area (Å²) in [6.45, 7) is 10.5. The fourth-order valence-electron chi connectivity index (χ4n) is 2.00. The van der Waals surface area contributed by atoms with Crippen LogP contribution < -0.4 is 5.32 Å². The Morgan fingerprint density at radius 1 is 1.59 bits per heavy atom. The number of nitrogens with zero attached hydrogens (tertiary/aromatic N) is 1. The lowest BCUT2D eigenvalue weighted by Gasteiger charge is -2.27. The summed E-state index contributed by atoms with van der Waals surface area (Å²) in [5.41, 5.74) is 2.15.